The minimum atomic E-state index is -5.63. The molecule has 2 N–H and O–H groups in total. The molecule has 4 nitrogen and oxygen atoms in total. The van der Waals surface area contributed by atoms with E-state index in [2.05, 4.69) is 11.9 Å². The molecule has 1 aliphatic rings. The number of benzene rings is 2. The van der Waals surface area contributed by atoms with Crippen LogP contribution in [0.4, 0.5) is 32.0 Å². The lowest BCUT2D eigenvalue weighted by Gasteiger charge is -2.45. The van der Waals surface area contributed by atoms with Crippen LogP contribution in [0.1, 0.15) is 35.6 Å². The maximum absolute atomic E-state index is 14.6. The highest BCUT2D eigenvalue weighted by molar-refractivity contribution is 5.62. The van der Waals surface area contributed by atoms with E-state index >= 15 is 0 Å². The zero-order valence-electron chi connectivity index (χ0n) is 21.5. The first-order valence-corrected chi connectivity index (χ1v) is 12.0. The molecule has 0 radical (unpaired) electrons. The Morgan fingerprint density at radius 2 is 1.59 bits per heavy atom. The Morgan fingerprint density at radius 3 is 2.11 bits per heavy atom. The average Bonchev–Trinajstić information content (AvgIpc) is 2.76. The molecule has 0 spiro atoms. The number of halogens is 6. The quantitative estimate of drug-likeness (QED) is 0.140. The Labute approximate surface area is 213 Å². The zero-order valence-corrected chi connectivity index (χ0v) is 21.5. The van der Waals surface area contributed by atoms with Gasteiger partial charge in [-0.05, 0) is 49.3 Å². The van der Waals surface area contributed by atoms with Gasteiger partial charge in [0.15, 0.2) is 0 Å². The highest BCUT2D eigenvalue weighted by atomic mass is 19.4. The van der Waals surface area contributed by atoms with Crippen LogP contribution in [0.15, 0.2) is 54.6 Å². The molecule has 2 unspecified atom stereocenters. The van der Waals surface area contributed by atoms with Crippen LogP contribution in [-0.2, 0) is 18.5 Å². The number of aliphatic hydroxyl groups excluding tert-OH is 1. The molecule has 2 aromatic rings. The Kier molecular flexibility index (Phi) is 8.20. The van der Waals surface area contributed by atoms with E-state index in [0.29, 0.717) is 49.4 Å². The normalized spacial score (nSPS) is 18.9. The molecule has 0 saturated heterocycles. The third-order valence-corrected chi connectivity index (χ3v) is 6.99. The van der Waals surface area contributed by atoms with Crippen LogP contribution in [0.2, 0.25) is 0 Å². The number of rotatable bonds is 10. The van der Waals surface area contributed by atoms with Crippen molar-refractivity contribution in [3.63, 3.8) is 0 Å². The molecule has 0 amide bonds. The number of hydrogen-bond acceptors (Lipinski definition) is 3. The fourth-order valence-corrected chi connectivity index (χ4v) is 5.05. The van der Waals surface area contributed by atoms with E-state index in [4.69, 9.17) is 0 Å². The fraction of sp³-hybridized carbons (Fsp3) is 0.481. The largest absolute Gasteiger partial charge is 0.411 e. The summed E-state index contributed by atoms with van der Waals surface area (Å²) >= 11 is 0. The van der Waals surface area contributed by atoms with Crippen molar-refractivity contribution in [2.75, 3.05) is 34.2 Å². The van der Waals surface area contributed by atoms with Gasteiger partial charge in [0, 0.05) is 25.6 Å². The zero-order chi connectivity index (χ0) is 27.8. The van der Waals surface area contributed by atoms with Gasteiger partial charge in [0.1, 0.15) is 18.5 Å². The minimum absolute atomic E-state index is 0.210. The molecule has 1 heterocycles. The van der Waals surface area contributed by atoms with Crippen LogP contribution < -0.4 is 9.80 Å². The predicted octanol–water partition coefficient (Wildman–Crippen LogP) is 5.48. The number of nitrogens with zero attached hydrogens (tertiary/aromatic N) is 2. The van der Waals surface area contributed by atoms with Crippen molar-refractivity contribution in [1.82, 2.24) is 14.7 Å². The summed E-state index contributed by atoms with van der Waals surface area (Å²) in [6.07, 6.45) is -11.6. The lowest BCUT2D eigenvalue weighted by Crippen LogP contribution is -2.56. The van der Waals surface area contributed by atoms with Gasteiger partial charge in [0.2, 0.25) is 5.41 Å². The number of hydrogen-bond donors (Lipinski definition) is 2. The molecule has 0 aliphatic carbocycles. The number of nitrogens with one attached hydrogen (secondary N) is 1. The Bertz CT molecular complexity index is 1100. The molecule has 2 aromatic carbocycles. The molecule has 0 fully saturated rings. The molecule has 0 saturated carbocycles. The molecule has 1 aliphatic heterocycles. The van der Waals surface area contributed by atoms with Crippen molar-refractivity contribution in [2.45, 2.75) is 50.4 Å². The van der Waals surface area contributed by atoms with Crippen LogP contribution in [0.5, 0.6) is 0 Å². The number of alkyl halides is 6. The second kappa shape index (κ2) is 10.4. The van der Waals surface area contributed by atoms with Gasteiger partial charge < -0.3 is 10.0 Å². The smallest absolute Gasteiger partial charge is 0.375 e. The SMILES string of the molecule is C=C(C)C(O)NCCC[N+]1(C)Cc2ccc(C(c3ccc(CN(C)C)cc3)(C(F)(F)F)C(F)(F)F)cc21. The molecule has 204 valence electrons. The topological polar surface area (TPSA) is 35.5 Å². The van der Waals surface area contributed by atoms with Gasteiger partial charge in [-0.1, -0.05) is 36.9 Å². The third-order valence-electron chi connectivity index (χ3n) is 6.99. The molecular formula is C27H34F6N3O+. The highest BCUT2D eigenvalue weighted by Gasteiger charge is 2.72. The number of fused-ring (bicyclic) bond motifs is 1. The summed E-state index contributed by atoms with van der Waals surface area (Å²) in [5, 5.41) is 12.7. The van der Waals surface area contributed by atoms with Crippen LogP contribution in [-0.4, -0.2) is 62.8 Å². The van der Waals surface area contributed by atoms with E-state index in [1.54, 1.807) is 33.0 Å². The molecule has 0 bridgehead atoms. The molecule has 0 aromatic heterocycles. The molecular weight excluding hydrogens is 496 g/mol. The van der Waals surface area contributed by atoms with E-state index in [1.807, 2.05) is 0 Å². The van der Waals surface area contributed by atoms with E-state index in [0.717, 1.165) is 29.8 Å². The maximum atomic E-state index is 14.6. The van der Waals surface area contributed by atoms with Crippen LogP contribution >= 0.6 is 0 Å². The molecule has 3 rings (SSSR count). The highest BCUT2D eigenvalue weighted by Crippen LogP contribution is 2.57. The van der Waals surface area contributed by atoms with Gasteiger partial charge in [-0.25, -0.2) is 0 Å². The lowest BCUT2D eigenvalue weighted by atomic mass is 9.72. The van der Waals surface area contributed by atoms with Crippen LogP contribution in [0.3, 0.4) is 0 Å². The Morgan fingerprint density at radius 1 is 1.03 bits per heavy atom. The Hall–Kier alpha value is -2.40. The average molecular weight is 531 g/mol. The second-order valence-electron chi connectivity index (χ2n) is 10.4. The van der Waals surface area contributed by atoms with Gasteiger partial charge >= 0.3 is 12.4 Å². The van der Waals surface area contributed by atoms with Gasteiger partial charge in [0.25, 0.3) is 0 Å². The summed E-state index contributed by atoms with van der Waals surface area (Å²) in [6, 6.07) is 7.91. The minimum Gasteiger partial charge on any atom is -0.375 e. The predicted molar refractivity (Wildman–Crippen MR) is 133 cm³/mol. The summed E-state index contributed by atoms with van der Waals surface area (Å²) in [5.41, 5.74) is -3.54. The summed E-state index contributed by atoms with van der Waals surface area (Å²) in [5.74, 6) is 0. The molecule has 37 heavy (non-hydrogen) atoms. The van der Waals surface area contributed by atoms with Crippen molar-refractivity contribution in [3.8, 4) is 0 Å². The first kappa shape index (κ1) is 29.2. The summed E-state index contributed by atoms with van der Waals surface area (Å²) in [4.78, 5) is 1.78. The van der Waals surface area contributed by atoms with Crippen molar-refractivity contribution >= 4 is 5.69 Å². The standard InChI is InChI=1S/C27H34F6N3O/c1-18(2)24(37)34-13-6-14-36(5)17-20-9-12-22(15-23(20)36)25(26(28,29)30,27(31,32)33)21-10-7-19(8-11-21)16-35(3)4/h7-12,15,24,34,37H,1,6,13-14,16-17H2,2-5H3/q+1. The van der Waals surface area contributed by atoms with E-state index in [-0.39, 0.29) is 4.48 Å². The van der Waals surface area contributed by atoms with Crippen molar-refractivity contribution in [3.05, 3.63) is 76.9 Å². The van der Waals surface area contributed by atoms with Crippen LogP contribution in [0.25, 0.3) is 0 Å². The number of quaternary nitrogens is 1. The van der Waals surface area contributed by atoms with Gasteiger partial charge in [-0.3, -0.25) is 9.80 Å². The second-order valence-corrected chi connectivity index (χ2v) is 10.4. The third kappa shape index (κ3) is 5.57. The number of aliphatic hydroxyl groups is 1. The summed E-state index contributed by atoms with van der Waals surface area (Å²) in [6.45, 7) is 7.12. The van der Waals surface area contributed by atoms with Gasteiger partial charge in [0.05, 0.1) is 19.2 Å². The summed E-state index contributed by atoms with van der Waals surface area (Å²) < 4.78 is 87.9. The van der Waals surface area contributed by atoms with Gasteiger partial charge in [-0.2, -0.15) is 26.3 Å². The van der Waals surface area contributed by atoms with E-state index in [9.17, 15) is 31.4 Å². The van der Waals surface area contributed by atoms with Crippen molar-refractivity contribution in [1.29, 1.82) is 0 Å². The summed E-state index contributed by atoms with van der Waals surface area (Å²) in [7, 11) is 5.32. The van der Waals surface area contributed by atoms with Crippen molar-refractivity contribution < 1.29 is 31.4 Å². The first-order valence-electron chi connectivity index (χ1n) is 12.0. The Balaban J connectivity index is 2.01. The fourth-order valence-electron chi connectivity index (χ4n) is 5.05. The van der Waals surface area contributed by atoms with E-state index in [1.165, 1.54) is 18.2 Å². The first-order chi connectivity index (χ1) is 17.0. The maximum Gasteiger partial charge on any atom is 0.411 e. The molecule has 10 heteroatoms. The van der Waals surface area contributed by atoms with Crippen molar-refractivity contribution in [2.24, 2.45) is 0 Å². The lowest BCUT2D eigenvalue weighted by molar-refractivity contribution is -0.288. The monoisotopic (exact) mass is 530 g/mol. The molecule has 2 atom stereocenters. The van der Waals surface area contributed by atoms with E-state index < -0.39 is 35.1 Å². The van der Waals surface area contributed by atoms with Crippen LogP contribution in [0, 0.1) is 0 Å². The van der Waals surface area contributed by atoms with Gasteiger partial charge in [-0.15, -0.1) is 0 Å².